The Balaban J connectivity index is 0.000000360. The average Bonchev–Trinajstić information content (AvgIpc) is 1.86. The highest BCUT2D eigenvalue weighted by Gasteiger charge is 1.98. The molecule has 1 heterocycles. The zero-order valence-electron chi connectivity index (χ0n) is 4.11. The number of hydrogen-bond donors (Lipinski definition) is 2. The molecule has 1 aliphatic heterocycles. The zero-order valence-corrected chi connectivity index (χ0v) is 6.27. The fraction of sp³-hybridized carbons (Fsp3) is 0.667. The smallest absolute Gasteiger partial charge is 0.204 e. The van der Waals surface area contributed by atoms with Gasteiger partial charge >= 0.3 is 0 Å². The molecule has 1 atom stereocenters. The van der Waals surface area contributed by atoms with Gasteiger partial charge in [0.2, 0.25) is 6.34 Å². The van der Waals surface area contributed by atoms with Crippen molar-refractivity contribution in [2.24, 2.45) is 4.99 Å². The van der Waals surface area contributed by atoms with Gasteiger partial charge in [0.25, 0.3) is 0 Å². The molecular weight excluding hydrogens is 205 g/mol. The van der Waals surface area contributed by atoms with Crippen molar-refractivity contribution in [3.8, 4) is 0 Å². The van der Waals surface area contributed by atoms with Gasteiger partial charge in [-0.2, -0.15) is 0 Å². The first kappa shape index (κ1) is 7.32. The third kappa shape index (κ3) is 2.20. The van der Waals surface area contributed by atoms with Gasteiger partial charge in [-0.25, -0.2) is 10.0 Å². The summed E-state index contributed by atoms with van der Waals surface area (Å²) >= 11 is 0. The molecule has 1 unspecified atom stereocenters. The first-order chi connectivity index (χ1) is 2.89. The monoisotopic (exact) mass is 213 g/mol. The van der Waals surface area contributed by atoms with Crippen LogP contribution in [0.1, 0.15) is 0 Å². The maximum atomic E-state index is 3.89. The molecule has 0 aromatic rings. The topological polar surface area (TPSA) is 28.8 Å². The summed E-state index contributed by atoms with van der Waals surface area (Å²) in [5, 5.41) is 1.16. The molecule has 7 heavy (non-hydrogen) atoms. The standard InChI is InChI=1S/C3H7N3.HI/c1-6-3-4-2-5-6;/h3,5H,2H2,1H3;1H. The quantitative estimate of drug-likeness (QED) is 0.388. The van der Waals surface area contributed by atoms with Gasteiger partial charge in [0.15, 0.2) is 0 Å². The Morgan fingerprint density at radius 2 is 2.57 bits per heavy atom. The Labute approximate surface area is 59.8 Å². The summed E-state index contributed by atoms with van der Waals surface area (Å²) in [6, 6.07) is 0. The van der Waals surface area contributed by atoms with Crippen molar-refractivity contribution in [1.82, 2.24) is 5.43 Å². The lowest BCUT2D eigenvalue weighted by molar-refractivity contribution is -0.820. The Morgan fingerprint density at radius 3 is 2.71 bits per heavy atom. The van der Waals surface area contributed by atoms with E-state index < -0.39 is 0 Å². The van der Waals surface area contributed by atoms with Crippen LogP contribution in [0, 0.1) is 0 Å². The molecule has 1 rings (SSSR count). The largest absolute Gasteiger partial charge is 1.00 e. The Kier molecular flexibility index (Phi) is 3.49. The SMILES string of the molecule is C[NH+]1C=NCN1.[I-]. The van der Waals surface area contributed by atoms with Gasteiger partial charge in [0.1, 0.15) is 6.67 Å². The van der Waals surface area contributed by atoms with E-state index in [2.05, 4.69) is 10.4 Å². The highest BCUT2D eigenvalue weighted by atomic mass is 127. The summed E-state index contributed by atoms with van der Waals surface area (Å²) in [4.78, 5) is 3.89. The maximum Gasteiger partial charge on any atom is 0.204 e. The van der Waals surface area contributed by atoms with Crippen molar-refractivity contribution in [2.45, 2.75) is 0 Å². The van der Waals surface area contributed by atoms with Gasteiger partial charge < -0.3 is 24.0 Å². The summed E-state index contributed by atoms with van der Waals surface area (Å²) < 4.78 is 0. The lowest BCUT2D eigenvalue weighted by atomic mass is 11.1. The van der Waals surface area contributed by atoms with Crippen molar-refractivity contribution >= 4 is 6.34 Å². The van der Waals surface area contributed by atoms with E-state index in [1.165, 1.54) is 0 Å². The summed E-state index contributed by atoms with van der Waals surface area (Å²) in [5.74, 6) is 0. The number of rotatable bonds is 0. The molecule has 0 saturated carbocycles. The molecule has 0 aliphatic carbocycles. The molecule has 0 bridgehead atoms. The van der Waals surface area contributed by atoms with Crippen molar-refractivity contribution in [1.29, 1.82) is 0 Å². The predicted octanol–water partition coefficient (Wildman–Crippen LogP) is -4.99. The molecule has 42 valence electrons. The number of aliphatic imine (C=N–C) groups is 1. The van der Waals surface area contributed by atoms with Gasteiger partial charge in [0.05, 0.1) is 7.05 Å². The van der Waals surface area contributed by atoms with Gasteiger partial charge in [-0.05, 0) is 0 Å². The highest BCUT2D eigenvalue weighted by Crippen LogP contribution is 1.54. The van der Waals surface area contributed by atoms with Crippen molar-refractivity contribution < 1.29 is 29.0 Å². The van der Waals surface area contributed by atoms with Crippen LogP contribution >= 0.6 is 0 Å². The van der Waals surface area contributed by atoms with Gasteiger partial charge in [0, 0.05) is 0 Å². The van der Waals surface area contributed by atoms with Crippen LogP contribution in [-0.4, -0.2) is 20.1 Å². The van der Waals surface area contributed by atoms with Crippen molar-refractivity contribution in [3.05, 3.63) is 0 Å². The fourth-order valence-electron chi connectivity index (χ4n) is 0.399. The summed E-state index contributed by atoms with van der Waals surface area (Å²) in [7, 11) is 2.00. The summed E-state index contributed by atoms with van der Waals surface area (Å²) in [5.41, 5.74) is 3.01. The van der Waals surface area contributed by atoms with Crippen molar-refractivity contribution in [2.75, 3.05) is 13.7 Å². The van der Waals surface area contributed by atoms with E-state index in [0.29, 0.717) is 0 Å². The highest BCUT2D eigenvalue weighted by molar-refractivity contribution is 5.43. The molecule has 0 aromatic carbocycles. The molecular formula is C3H8IN3. The first-order valence-electron chi connectivity index (χ1n) is 1.97. The van der Waals surface area contributed by atoms with Crippen molar-refractivity contribution in [3.63, 3.8) is 0 Å². The van der Waals surface area contributed by atoms with Crippen LogP contribution in [0.25, 0.3) is 0 Å². The minimum absolute atomic E-state index is 0. The van der Waals surface area contributed by atoms with Crippen LogP contribution in [0.3, 0.4) is 0 Å². The molecule has 1 aliphatic rings. The first-order valence-corrected chi connectivity index (χ1v) is 1.97. The molecule has 2 N–H and O–H groups in total. The van der Waals surface area contributed by atoms with Gasteiger partial charge in [-0.15, -0.1) is 5.43 Å². The average molecular weight is 213 g/mol. The molecule has 4 heteroatoms. The Bertz CT molecular complexity index is 72.6. The molecule has 0 radical (unpaired) electrons. The Hall–Kier alpha value is 0.320. The molecule has 0 fully saturated rings. The number of halogens is 1. The molecule has 0 spiro atoms. The van der Waals surface area contributed by atoms with Crippen LogP contribution in [-0.2, 0) is 0 Å². The zero-order chi connectivity index (χ0) is 4.41. The van der Waals surface area contributed by atoms with E-state index in [9.17, 15) is 0 Å². The van der Waals surface area contributed by atoms with E-state index in [1.54, 1.807) is 0 Å². The Morgan fingerprint density at radius 1 is 1.86 bits per heavy atom. The minimum Gasteiger partial charge on any atom is -1.00 e. The van der Waals surface area contributed by atoms with Gasteiger partial charge in [-0.1, -0.05) is 0 Å². The molecule has 0 saturated heterocycles. The van der Waals surface area contributed by atoms with E-state index in [0.717, 1.165) is 11.7 Å². The van der Waals surface area contributed by atoms with E-state index in [-0.39, 0.29) is 24.0 Å². The number of quaternary nitrogens is 1. The number of nitrogens with zero attached hydrogens (tertiary/aromatic N) is 1. The lowest BCUT2D eigenvalue weighted by Gasteiger charge is -1.94. The van der Waals surface area contributed by atoms with E-state index >= 15 is 0 Å². The van der Waals surface area contributed by atoms with Crippen LogP contribution in [0.15, 0.2) is 4.99 Å². The molecule has 3 nitrogen and oxygen atoms in total. The van der Waals surface area contributed by atoms with Crippen LogP contribution in [0.5, 0.6) is 0 Å². The van der Waals surface area contributed by atoms with Crippen LogP contribution < -0.4 is 34.4 Å². The third-order valence-corrected chi connectivity index (χ3v) is 0.734. The second-order valence-electron chi connectivity index (χ2n) is 1.33. The van der Waals surface area contributed by atoms with Crippen LogP contribution in [0.4, 0.5) is 0 Å². The molecule has 0 aromatic heterocycles. The lowest BCUT2D eigenvalue weighted by Crippen LogP contribution is -3.13. The minimum atomic E-state index is 0. The maximum absolute atomic E-state index is 3.89. The van der Waals surface area contributed by atoms with E-state index in [4.69, 9.17) is 0 Å². The number of hydrogen-bond acceptors (Lipinski definition) is 2. The van der Waals surface area contributed by atoms with E-state index in [1.807, 2.05) is 13.4 Å². The second kappa shape index (κ2) is 3.34. The molecule has 0 amide bonds. The third-order valence-electron chi connectivity index (χ3n) is 0.734. The summed E-state index contributed by atoms with van der Waals surface area (Å²) in [6.45, 7) is 0.770. The normalized spacial score (nSPS) is 27.3. The van der Waals surface area contributed by atoms with Crippen LogP contribution in [0.2, 0.25) is 0 Å². The predicted molar refractivity (Wildman–Crippen MR) is 23.4 cm³/mol. The second-order valence-corrected chi connectivity index (χ2v) is 1.33. The number of nitrogens with one attached hydrogen (secondary N) is 2. The summed E-state index contributed by atoms with van der Waals surface area (Å²) in [6.07, 6.45) is 1.83. The van der Waals surface area contributed by atoms with Gasteiger partial charge in [-0.3, -0.25) is 0 Å². The fourth-order valence-corrected chi connectivity index (χ4v) is 0.399.